The molecule has 0 fully saturated rings. The molecule has 0 bridgehead atoms. The highest BCUT2D eigenvalue weighted by Gasteiger charge is 2.40. The second-order valence-electron chi connectivity index (χ2n) is 9.67. The van der Waals surface area contributed by atoms with E-state index >= 15 is 0 Å². The van der Waals surface area contributed by atoms with Gasteiger partial charge in [-0.2, -0.15) is 0 Å². The predicted octanol–water partition coefficient (Wildman–Crippen LogP) is 7.68. The van der Waals surface area contributed by atoms with Crippen molar-refractivity contribution >= 4 is 31.3 Å². The molecule has 0 aliphatic carbocycles. The molecule has 32 heavy (non-hydrogen) atoms. The number of carbonyl (C=O) groups is 1. The van der Waals surface area contributed by atoms with Crippen molar-refractivity contribution in [3.05, 3.63) is 77.2 Å². The van der Waals surface area contributed by atoms with Crippen molar-refractivity contribution in [3.8, 4) is 10.4 Å². The van der Waals surface area contributed by atoms with Crippen LogP contribution < -0.4 is 5.32 Å². The van der Waals surface area contributed by atoms with Gasteiger partial charge in [0, 0.05) is 4.88 Å². The minimum Gasteiger partial charge on any atom is -0.477 e. The highest BCUT2D eigenvalue weighted by Crippen LogP contribution is 2.42. The van der Waals surface area contributed by atoms with Crippen molar-refractivity contribution in [1.29, 1.82) is 0 Å². The number of benzene rings is 2. The molecule has 2 atom stereocenters. The Balaban J connectivity index is 1.95. The van der Waals surface area contributed by atoms with Crippen LogP contribution in [0.5, 0.6) is 0 Å². The first-order valence-electron chi connectivity index (χ1n) is 10.9. The molecule has 0 saturated carbocycles. The Morgan fingerprint density at radius 1 is 1.03 bits per heavy atom. The number of aromatic carboxylic acids is 1. The van der Waals surface area contributed by atoms with E-state index < -0.39 is 14.3 Å². The molecule has 1 aromatic heterocycles. The van der Waals surface area contributed by atoms with E-state index in [0.29, 0.717) is 10.6 Å². The second-order valence-corrected chi connectivity index (χ2v) is 15.5. The zero-order chi connectivity index (χ0) is 23.5. The van der Waals surface area contributed by atoms with Gasteiger partial charge in [-0.15, -0.1) is 11.3 Å². The Bertz CT molecular complexity index is 1040. The van der Waals surface area contributed by atoms with E-state index in [1.54, 1.807) is 0 Å². The van der Waals surface area contributed by atoms with Gasteiger partial charge < -0.3 is 14.8 Å². The zero-order valence-corrected chi connectivity index (χ0v) is 21.5. The lowest BCUT2D eigenvalue weighted by atomic mass is 10.0. The smallest absolute Gasteiger partial charge is 0.348 e. The molecular formula is C26H33NO3SSi. The van der Waals surface area contributed by atoms with Gasteiger partial charge in [0.1, 0.15) is 4.88 Å². The van der Waals surface area contributed by atoms with Crippen molar-refractivity contribution in [2.24, 2.45) is 0 Å². The lowest BCUT2D eigenvalue weighted by Gasteiger charge is -2.41. The van der Waals surface area contributed by atoms with E-state index in [9.17, 15) is 9.90 Å². The van der Waals surface area contributed by atoms with Gasteiger partial charge in [-0.05, 0) is 42.2 Å². The first kappa shape index (κ1) is 24.2. The van der Waals surface area contributed by atoms with Crippen molar-refractivity contribution < 1.29 is 14.3 Å². The van der Waals surface area contributed by atoms with Gasteiger partial charge in [-0.3, -0.25) is 0 Å². The summed E-state index contributed by atoms with van der Waals surface area (Å²) in [6, 6.07) is 21.9. The highest BCUT2D eigenvalue weighted by atomic mass is 32.1. The van der Waals surface area contributed by atoms with E-state index in [1.165, 1.54) is 11.3 Å². The molecule has 0 saturated heterocycles. The van der Waals surface area contributed by atoms with E-state index in [4.69, 9.17) is 4.43 Å². The summed E-state index contributed by atoms with van der Waals surface area (Å²) >= 11 is 1.29. The van der Waals surface area contributed by atoms with E-state index in [1.807, 2.05) is 54.6 Å². The average molecular weight is 468 g/mol. The van der Waals surface area contributed by atoms with Crippen LogP contribution in [0, 0.1) is 0 Å². The largest absolute Gasteiger partial charge is 0.477 e. The first-order chi connectivity index (χ1) is 15.0. The SMILES string of the molecule is CC(Nc1cc(-c2ccccc2)sc1C(=O)O)[C@@H](O[Si](C)(C)C(C)(C)C)c1ccccc1. The van der Waals surface area contributed by atoms with Crippen LogP contribution in [0.2, 0.25) is 18.1 Å². The summed E-state index contributed by atoms with van der Waals surface area (Å²) in [7, 11) is -2.07. The van der Waals surface area contributed by atoms with Crippen molar-refractivity contribution in [1.82, 2.24) is 0 Å². The van der Waals surface area contributed by atoms with Crippen LogP contribution in [-0.2, 0) is 4.43 Å². The van der Waals surface area contributed by atoms with Gasteiger partial charge in [0.25, 0.3) is 0 Å². The third-order valence-corrected chi connectivity index (χ3v) is 11.8. The topological polar surface area (TPSA) is 58.6 Å². The lowest BCUT2D eigenvalue weighted by molar-refractivity contribution is 0.0703. The minimum absolute atomic E-state index is 0.0643. The minimum atomic E-state index is -2.07. The fourth-order valence-electron chi connectivity index (χ4n) is 3.32. The summed E-state index contributed by atoms with van der Waals surface area (Å²) in [5, 5.41) is 13.4. The van der Waals surface area contributed by atoms with Crippen LogP contribution in [0.4, 0.5) is 5.69 Å². The highest BCUT2D eigenvalue weighted by molar-refractivity contribution is 7.18. The Morgan fingerprint density at radius 2 is 1.59 bits per heavy atom. The molecule has 0 amide bonds. The van der Waals surface area contributed by atoms with E-state index in [-0.39, 0.29) is 17.2 Å². The first-order valence-corrected chi connectivity index (χ1v) is 14.6. The normalized spacial score (nSPS) is 14.1. The molecule has 0 aliphatic rings. The molecule has 2 N–H and O–H groups in total. The molecule has 1 heterocycles. The van der Waals surface area contributed by atoms with Crippen molar-refractivity contribution in [2.45, 2.75) is 58.0 Å². The Kier molecular flexibility index (Phi) is 7.28. The lowest BCUT2D eigenvalue weighted by Crippen LogP contribution is -2.44. The van der Waals surface area contributed by atoms with Crippen LogP contribution in [-0.4, -0.2) is 25.4 Å². The van der Waals surface area contributed by atoms with Gasteiger partial charge in [0.2, 0.25) is 0 Å². The predicted molar refractivity (Wildman–Crippen MR) is 137 cm³/mol. The van der Waals surface area contributed by atoms with Gasteiger partial charge >= 0.3 is 5.97 Å². The fraction of sp³-hybridized carbons (Fsp3) is 0.346. The number of carboxylic acid groups (broad SMARTS) is 1. The molecule has 6 heteroatoms. The number of rotatable bonds is 8. The third-order valence-electron chi connectivity index (χ3n) is 6.18. The van der Waals surface area contributed by atoms with Gasteiger partial charge in [0.05, 0.1) is 17.8 Å². The Labute approximate surface area is 196 Å². The zero-order valence-electron chi connectivity index (χ0n) is 19.7. The molecule has 1 unspecified atom stereocenters. The molecule has 3 rings (SSSR count). The maximum Gasteiger partial charge on any atom is 0.348 e. The van der Waals surface area contributed by atoms with Crippen LogP contribution >= 0.6 is 11.3 Å². The number of anilines is 1. The maximum atomic E-state index is 12.0. The number of carboxylic acids is 1. The summed E-state index contributed by atoms with van der Waals surface area (Å²) in [5.74, 6) is -0.923. The van der Waals surface area contributed by atoms with Crippen molar-refractivity contribution in [2.75, 3.05) is 5.32 Å². The van der Waals surface area contributed by atoms with Gasteiger partial charge in [0.15, 0.2) is 8.32 Å². The monoisotopic (exact) mass is 467 g/mol. The third kappa shape index (κ3) is 5.49. The molecule has 170 valence electrons. The number of hydrogen-bond acceptors (Lipinski definition) is 4. The van der Waals surface area contributed by atoms with Crippen LogP contribution in [0.3, 0.4) is 0 Å². The molecular weight excluding hydrogens is 434 g/mol. The second kappa shape index (κ2) is 9.61. The Hall–Kier alpha value is -2.41. The maximum absolute atomic E-state index is 12.0. The van der Waals surface area contributed by atoms with Gasteiger partial charge in [-0.25, -0.2) is 4.79 Å². The quantitative estimate of drug-likeness (QED) is 0.334. The molecule has 0 aliphatic heterocycles. The average Bonchev–Trinajstić information content (AvgIpc) is 3.16. The summed E-state index contributed by atoms with van der Waals surface area (Å²) in [4.78, 5) is 13.2. The summed E-state index contributed by atoms with van der Waals surface area (Å²) < 4.78 is 6.85. The number of hydrogen-bond donors (Lipinski definition) is 2. The Morgan fingerprint density at radius 3 is 2.12 bits per heavy atom. The molecule has 4 nitrogen and oxygen atoms in total. The van der Waals surface area contributed by atoms with E-state index in [0.717, 1.165) is 16.0 Å². The number of nitrogens with one attached hydrogen (secondary N) is 1. The van der Waals surface area contributed by atoms with Crippen LogP contribution in [0.25, 0.3) is 10.4 Å². The number of thiophene rings is 1. The van der Waals surface area contributed by atoms with Crippen LogP contribution in [0.15, 0.2) is 66.7 Å². The molecule has 2 aromatic carbocycles. The van der Waals surface area contributed by atoms with Gasteiger partial charge in [-0.1, -0.05) is 81.4 Å². The molecule has 3 aromatic rings. The van der Waals surface area contributed by atoms with E-state index in [2.05, 4.69) is 58.2 Å². The molecule has 0 radical (unpaired) electrons. The summed E-state index contributed by atoms with van der Waals surface area (Å²) in [6.07, 6.45) is -0.196. The summed E-state index contributed by atoms with van der Waals surface area (Å²) in [5.41, 5.74) is 2.74. The van der Waals surface area contributed by atoms with Crippen LogP contribution in [0.1, 0.15) is 49.0 Å². The van der Waals surface area contributed by atoms with Crippen molar-refractivity contribution in [3.63, 3.8) is 0 Å². The standard InChI is InChI=1S/C26H33NO3SSi/c1-18(23(20-15-11-8-12-16-20)30-32(5,6)26(2,3)4)27-21-17-22(31-24(21)25(28)29)19-13-9-7-10-14-19/h7-18,23,27H,1-6H3,(H,28,29)/t18?,23-/m1/s1. The molecule has 0 spiro atoms. The fourth-order valence-corrected chi connectivity index (χ4v) is 5.61. The summed E-state index contributed by atoms with van der Waals surface area (Å²) in [6.45, 7) is 13.2.